The van der Waals surface area contributed by atoms with E-state index < -0.39 is 15.3 Å². The standard InChI is InChI=1S/C22H29NO4S/c1-4-26-21-10-6-5-8-19(21)17-11-13-18(14-12-17)22-20(9-7-15-27-22)23-28(24,25)16(2)3/h5-6,8,10-14,16,20,22-23H,4,7,9,15H2,1-3H3/t20-,22-/m1/s1. The van der Waals surface area contributed by atoms with Gasteiger partial charge in [-0.1, -0.05) is 42.5 Å². The molecule has 1 heterocycles. The summed E-state index contributed by atoms with van der Waals surface area (Å²) in [7, 11) is -3.35. The Labute approximate surface area is 168 Å². The molecule has 1 fully saturated rings. The molecule has 3 rings (SSSR count). The Morgan fingerprint density at radius 3 is 2.54 bits per heavy atom. The number of rotatable bonds is 7. The van der Waals surface area contributed by atoms with E-state index in [-0.39, 0.29) is 12.1 Å². The lowest BCUT2D eigenvalue weighted by molar-refractivity contribution is -0.00446. The van der Waals surface area contributed by atoms with Crippen LogP contribution in [0.3, 0.4) is 0 Å². The van der Waals surface area contributed by atoms with Crippen LogP contribution in [0.15, 0.2) is 48.5 Å². The lowest BCUT2D eigenvalue weighted by Gasteiger charge is -2.33. The minimum absolute atomic E-state index is 0.247. The molecule has 0 aromatic heterocycles. The van der Waals surface area contributed by atoms with Gasteiger partial charge in [0.05, 0.1) is 24.0 Å². The molecule has 2 atom stereocenters. The average molecular weight is 404 g/mol. The topological polar surface area (TPSA) is 64.6 Å². The number of nitrogens with one attached hydrogen (secondary N) is 1. The first-order valence-electron chi connectivity index (χ1n) is 9.87. The molecule has 0 bridgehead atoms. The van der Waals surface area contributed by atoms with Gasteiger partial charge in [0, 0.05) is 12.2 Å². The van der Waals surface area contributed by atoms with Crippen LogP contribution in [0.2, 0.25) is 0 Å². The third kappa shape index (κ3) is 4.74. The highest BCUT2D eigenvalue weighted by Gasteiger charge is 2.31. The van der Waals surface area contributed by atoms with Gasteiger partial charge in [-0.15, -0.1) is 0 Å². The molecule has 28 heavy (non-hydrogen) atoms. The Bertz CT molecular complexity index is 878. The van der Waals surface area contributed by atoms with Crippen molar-refractivity contribution in [2.24, 2.45) is 0 Å². The van der Waals surface area contributed by atoms with Crippen LogP contribution < -0.4 is 9.46 Å². The van der Waals surface area contributed by atoms with Crippen LogP contribution in [0.5, 0.6) is 5.75 Å². The van der Waals surface area contributed by atoms with Gasteiger partial charge in [0.2, 0.25) is 10.0 Å². The van der Waals surface area contributed by atoms with Crippen molar-refractivity contribution in [2.45, 2.75) is 51.0 Å². The predicted octanol–water partition coefficient (Wildman–Crippen LogP) is 4.30. The second-order valence-electron chi connectivity index (χ2n) is 7.30. The summed E-state index contributed by atoms with van der Waals surface area (Å²) < 4.78 is 39.2. The number of hydrogen-bond acceptors (Lipinski definition) is 4. The number of ether oxygens (including phenoxy) is 2. The Balaban J connectivity index is 1.83. The van der Waals surface area contributed by atoms with Crippen LogP contribution in [0.1, 0.15) is 45.3 Å². The maximum absolute atomic E-state index is 12.3. The van der Waals surface area contributed by atoms with Gasteiger partial charge in [-0.25, -0.2) is 13.1 Å². The van der Waals surface area contributed by atoms with Crippen molar-refractivity contribution >= 4 is 10.0 Å². The minimum atomic E-state index is -3.35. The zero-order valence-electron chi connectivity index (χ0n) is 16.7. The molecule has 2 aromatic rings. The van der Waals surface area contributed by atoms with Gasteiger partial charge in [0.1, 0.15) is 5.75 Å². The monoisotopic (exact) mass is 403 g/mol. The summed E-state index contributed by atoms with van der Waals surface area (Å²) in [6.07, 6.45) is 1.34. The van der Waals surface area contributed by atoms with Crippen LogP contribution in [0.4, 0.5) is 0 Å². The molecular formula is C22H29NO4S. The molecule has 0 saturated carbocycles. The third-order valence-electron chi connectivity index (χ3n) is 5.00. The van der Waals surface area contributed by atoms with Gasteiger partial charge in [-0.3, -0.25) is 0 Å². The summed E-state index contributed by atoms with van der Waals surface area (Å²) in [6.45, 7) is 6.60. The molecule has 152 valence electrons. The van der Waals surface area contributed by atoms with E-state index in [2.05, 4.69) is 4.72 Å². The minimum Gasteiger partial charge on any atom is -0.493 e. The predicted molar refractivity (Wildman–Crippen MR) is 112 cm³/mol. The van der Waals surface area contributed by atoms with Crippen molar-refractivity contribution in [3.05, 3.63) is 54.1 Å². The van der Waals surface area contributed by atoms with Crippen LogP contribution in [-0.2, 0) is 14.8 Å². The Kier molecular flexibility index (Phi) is 6.75. The van der Waals surface area contributed by atoms with Gasteiger partial charge in [-0.05, 0) is 50.8 Å². The molecule has 0 radical (unpaired) electrons. The molecule has 5 nitrogen and oxygen atoms in total. The van der Waals surface area contributed by atoms with Crippen LogP contribution in [0, 0.1) is 0 Å². The fraction of sp³-hybridized carbons (Fsp3) is 0.455. The summed E-state index contributed by atoms with van der Waals surface area (Å²) in [5, 5.41) is -0.465. The van der Waals surface area contributed by atoms with Gasteiger partial charge >= 0.3 is 0 Å². The largest absolute Gasteiger partial charge is 0.493 e. The van der Waals surface area contributed by atoms with Crippen molar-refractivity contribution in [3.63, 3.8) is 0 Å². The summed E-state index contributed by atoms with van der Waals surface area (Å²) in [5.74, 6) is 0.856. The average Bonchev–Trinajstić information content (AvgIpc) is 2.69. The maximum Gasteiger partial charge on any atom is 0.214 e. The summed E-state index contributed by atoms with van der Waals surface area (Å²) in [6, 6.07) is 15.8. The molecule has 6 heteroatoms. The molecule has 1 aliphatic heterocycles. The van der Waals surface area contributed by atoms with E-state index in [1.807, 2.05) is 55.5 Å². The van der Waals surface area contributed by atoms with E-state index in [0.717, 1.165) is 35.3 Å². The third-order valence-corrected chi connectivity index (χ3v) is 6.87. The number of hydrogen-bond donors (Lipinski definition) is 1. The van der Waals surface area contributed by atoms with Gasteiger partial charge in [0.25, 0.3) is 0 Å². The highest BCUT2D eigenvalue weighted by Crippen LogP contribution is 2.33. The molecule has 0 unspecified atom stereocenters. The van der Waals surface area contributed by atoms with Crippen molar-refractivity contribution in [1.29, 1.82) is 0 Å². The first-order valence-corrected chi connectivity index (χ1v) is 11.4. The molecule has 2 aromatic carbocycles. The first kappa shape index (κ1) is 20.8. The lowest BCUT2D eigenvalue weighted by atomic mass is 9.95. The second-order valence-corrected chi connectivity index (χ2v) is 9.57. The van der Waals surface area contributed by atoms with Crippen molar-refractivity contribution in [2.75, 3.05) is 13.2 Å². The lowest BCUT2D eigenvalue weighted by Crippen LogP contribution is -2.45. The van der Waals surface area contributed by atoms with Crippen LogP contribution in [0.25, 0.3) is 11.1 Å². The molecule has 1 N–H and O–H groups in total. The summed E-state index contributed by atoms with van der Waals surface area (Å²) in [4.78, 5) is 0. The number of sulfonamides is 1. The molecule has 1 aliphatic rings. The molecule has 1 saturated heterocycles. The number of benzene rings is 2. The van der Waals surface area contributed by atoms with E-state index in [0.29, 0.717) is 13.2 Å². The quantitative estimate of drug-likeness (QED) is 0.749. The highest BCUT2D eigenvalue weighted by atomic mass is 32.2. The van der Waals surface area contributed by atoms with Gasteiger partial charge in [-0.2, -0.15) is 0 Å². The fourth-order valence-electron chi connectivity index (χ4n) is 3.42. The normalized spacial score (nSPS) is 20.3. The smallest absolute Gasteiger partial charge is 0.214 e. The van der Waals surface area contributed by atoms with Crippen molar-refractivity contribution in [3.8, 4) is 16.9 Å². The van der Waals surface area contributed by atoms with Crippen LogP contribution >= 0.6 is 0 Å². The zero-order valence-corrected chi connectivity index (χ0v) is 17.5. The Morgan fingerprint density at radius 2 is 1.86 bits per heavy atom. The van der Waals surface area contributed by atoms with E-state index in [1.165, 1.54) is 0 Å². The fourth-order valence-corrected chi connectivity index (χ4v) is 4.35. The van der Waals surface area contributed by atoms with Crippen LogP contribution in [-0.4, -0.2) is 32.9 Å². The van der Waals surface area contributed by atoms with Gasteiger partial charge in [0.15, 0.2) is 0 Å². The highest BCUT2D eigenvalue weighted by molar-refractivity contribution is 7.90. The maximum atomic E-state index is 12.3. The SMILES string of the molecule is CCOc1ccccc1-c1ccc([C@H]2OCCC[C@H]2NS(=O)(=O)C(C)C)cc1. The van der Waals surface area contributed by atoms with Crippen molar-refractivity contribution in [1.82, 2.24) is 4.72 Å². The number of para-hydroxylation sites is 1. The van der Waals surface area contributed by atoms with Gasteiger partial charge < -0.3 is 9.47 Å². The molecular weight excluding hydrogens is 374 g/mol. The van der Waals surface area contributed by atoms with E-state index in [4.69, 9.17) is 9.47 Å². The Hall–Kier alpha value is -1.89. The molecule has 0 spiro atoms. The van der Waals surface area contributed by atoms with E-state index in [1.54, 1.807) is 13.8 Å². The van der Waals surface area contributed by atoms with E-state index in [9.17, 15) is 8.42 Å². The summed E-state index contributed by atoms with van der Waals surface area (Å²) >= 11 is 0. The molecule has 0 amide bonds. The zero-order chi connectivity index (χ0) is 20.1. The van der Waals surface area contributed by atoms with E-state index >= 15 is 0 Å². The Morgan fingerprint density at radius 1 is 1.14 bits per heavy atom. The summed E-state index contributed by atoms with van der Waals surface area (Å²) in [5.41, 5.74) is 3.08. The molecule has 0 aliphatic carbocycles. The first-order chi connectivity index (χ1) is 13.4. The van der Waals surface area contributed by atoms with Crippen molar-refractivity contribution < 1.29 is 17.9 Å². The second kappa shape index (κ2) is 9.07.